The first-order valence-corrected chi connectivity index (χ1v) is 8.31. The highest BCUT2D eigenvalue weighted by molar-refractivity contribution is 6.30. The Morgan fingerprint density at radius 1 is 1.24 bits per heavy atom. The van der Waals surface area contributed by atoms with Crippen LogP contribution in [0.5, 0.6) is 5.75 Å². The number of halogens is 2. The van der Waals surface area contributed by atoms with Gasteiger partial charge in [-0.05, 0) is 36.8 Å². The maximum atomic E-state index is 14.3. The monoisotopic (exact) mass is 359 g/mol. The summed E-state index contributed by atoms with van der Waals surface area (Å²) in [7, 11) is 1.51. The molecule has 1 heterocycles. The van der Waals surface area contributed by atoms with Gasteiger partial charge in [0.25, 0.3) is 0 Å². The Morgan fingerprint density at radius 3 is 2.68 bits per heavy atom. The highest BCUT2D eigenvalue weighted by Crippen LogP contribution is 2.27. The lowest BCUT2D eigenvalue weighted by Gasteiger charge is -2.14. The first-order chi connectivity index (χ1) is 12.1. The molecule has 1 aromatic heterocycles. The number of rotatable bonds is 6. The van der Waals surface area contributed by atoms with Crippen molar-refractivity contribution in [2.24, 2.45) is 0 Å². The molecule has 3 aromatic rings. The Morgan fingerprint density at radius 2 is 2.00 bits per heavy atom. The van der Waals surface area contributed by atoms with E-state index in [0.29, 0.717) is 28.6 Å². The zero-order valence-corrected chi connectivity index (χ0v) is 14.8. The van der Waals surface area contributed by atoms with Crippen molar-refractivity contribution in [3.05, 3.63) is 70.6 Å². The number of H-pyrrole nitrogens is 1. The Bertz CT molecular complexity index is 848. The van der Waals surface area contributed by atoms with E-state index in [-0.39, 0.29) is 11.9 Å². The lowest BCUT2D eigenvalue weighted by atomic mass is 10.1. The highest BCUT2D eigenvalue weighted by Gasteiger charge is 2.14. The van der Waals surface area contributed by atoms with Gasteiger partial charge >= 0.3 is 0 Å². The number of methoxy groups -OCH3 is 1. The number of aromatic amines is 1. The molecule has 0 aliphatic carbocycles. The van der Waals surface area contributed by atoms with Gasteiger partial charge in [-0.25, -0.2) is 4.39 Å². The lowest BCUT2D eigenvalue weighted by Crippen LogP contribution is -2.18. The molecule has 0 fully saturated rings. The van der Waals surface area contributed by atoms with Crippen LogP contribution in [-0.2, 0) is 6.54 Å². The number of nitrogens with zero attached hydrogens (tertiary/aromatic N) is 1. The Balaban J connectivity index is 1.75. The third-order valence-electron chi connectivity index (χ3n) is 4.13. The minimum absolute atomic E-state index is 0.126. The molecule has 130 valence electrons. The van der Waals surface area contributed by atoms with E-state index in [2.05, 4.69) is 22.4 Å². The topological polar surface area (TPSA) is 49.9 Å². The van der Waals surface area contributed by atoms with Gasteiger partial charge in [0.1, 0.15) is 11.6 Å². The quantitative estimate of drug-likeness (QED) is 0.669. The second-order valence-corrected chi connectivity index (χ2v) is 6.21. The molecule has 0 spiro atoms. The molecule has 0 bridgehead atoms. The van der Waals surface area contributed by atoms with Gasteiger partial charge in [-0.3, -0.25) is 5.10 Å². The first-order valence-electron chi connectivity index (χ1n) is 7.93. The average Bonchev–Trinajstić information content (AvgIpc) is 3.08. The van der Waals surface area contributed by atoms with Crippen molar-refractivity contribution in [3.8, 4) is 17.0 Å². The number of nitrogens with one attached hydrogen (secondary N) is 2. The van der Waals surface area contributed by atoms with E-state index in [0.717, 1.165) is 11.1 Å². The van der Waals surface area contributed by atoms with E-state index in [1.54, 1.807) is 18.3 Å². The van der Waals surface area contributed by atoms with Crippen LogP contribution in [0.4, 0.5) is 4.39 Å². The first kappa shape index (κ1) is 17.5. The van der Waals surface area contributed by atoms with E-state index in [9.17, 15) is 4.39 Å². The van der Waals surface area contributed by atoms with Crippen LogP contribution in [-0.4, -0.2) is 17.3 Å². The van der Waals surface area contributed by atoms with E-state index in [1.165, 1.54) is 13.2 Å². The number of hydrogen-bond acceptors (Lipinski definition) is 3. The second-order valence-electron chi connectivity index (χ2n) is 5.77. The van der Waals surface area contributed by atoms with Gasteiger partial charge in [-0.2, -0.15) is 5.10 Å². The molecule has 25 heavy (non-hydrogen) atoms. The zero-order chi connectivity index (χ0) is 17.8. The summed E-state index contributed by atoms with van der Waals surface area (Å²) in [6.07, 6.45) is 1.71. The van der Waals surface area contributed by atoms with Crippen molar-refractivity contribution in [3.63, 3.8) is 0 Å². The van der Waals surface area contributed by atoms with Crippen LogP contribution in [0.2, 0.25) is 5.02 Å². The fourth-order valence-corrected chi connectivity index (χ4v) is 2.76. The smallest absolute Gasteiger partial charge is 0.136 e. The van der Waals surface area contributed by atoms with Crippen LogP contribution in [0, 0.1) is 5.82 Å². The third-order valence-corrected chi connectivity index (χ3v) is 4.38. The predicted octanol–water partition coefficient (Wildman–Crippen LogP) is 4.73. The summed E-state index contributed by atoms with van der Waals surface area (Å²) in [6, 6.07) is 12.6. The number of aromatic nitrogens is 2. The fourth-order valence-electron chi connectivity index (χ4n) is 2.64. The lowest BCUT2D eigenvalue weighted by molar-refractivity contribution is 0.411. The minimum atomic E-state index is -0.351. The van der Waals surface area contributed by atoms with Crippen molar-refractivity contribution < 1.29 is 9.13 Å². The largest absolute Gasteiger partial charge is 0.497 e. The molecule has 1 unspecified atom stereocenters. The van der Waals surface area contributed by atoms with Crippen LogP contribution in [0.3, 0.4) is 0 Å². The van der Waals surface area contributed by atoms with Crippen LogP contribution >= 0.6 is 11.6 Å². The van der Waals surface area contributed by atoms with Crippen LogP contribution < -0.4 is 10.1 Å². The zero-order valence-electron chi connectivity index (χ0n) is 14.0. The van der Waals surface area contributed by atoms with E-state index < -0.39 is 0 Å². The van der Waals surface area contributed by atoms with E-state index >= 15 is 0 Å². The van der Waals surface area contributed by atoms with Crippen LogP contribution in [0.1, 0.15) is 24.1 Å². The fraction of sp³-hybridized carbons (Fsp3) is 0.211. The van der Waals surface area contributed by atoms with Crippen LogP contribution in [0.25, 0.3) is 11.3 Å². The average molecular weight is 360 g/mol. The van der Waals surface area contributed by atoms with E-state index in [4.69, 9.17) is 16.3 Å². The Kier molecular flexibility index (Phi) is 5.36. The summed E-state index contributed by atoms with van der Waals surface area (Å²) in [4.78, 5) is 0. The predicted molar refractivity (Wildman–Crippen MR) is 97.2 cm³/mol. The molecular formula is C19H19ClFN3O. The molecule has 6 heteroatoms. The second kappa shape index (κ2) is 7.68. The van der Waals surface area contributed by atoms with Crippen molar-refractivity contribution in [1.82, 2.24) is 15.5 Å². The number of hydrogen-bond donors (Lipinski definition) is 2. The van der Waals surface area contributed by atoms with Crippen molar-refractivity contribution in [2.75, 3.05) is 7.11 Å². The molecule has 3 rings (SSSR count). The molecular weight excluding hydrogens is 341 g/mol. The van der Waals surface area contributed by atoms with Gasteiger partial charge in [0.15, 0.2) is 0 Å². The van der Waals surface area contributed by atoms with Gasteiger partial charge in [-0.1, -0.05) is 23.7 Å². The molecule has 2 aromatic carbocycles. The van der Waals surface area contributed by atoms with Gasteiger partial charge in [-0.15, -0.1) is 0 Å². The summed E-state index contributed by atoms with van der Waals surface area (Å²) in [5, 5.41) is 11.1. The molecule has 2 N–H and O–H groups in total. The molecule has 0 aliphatic heterocycles. The maximum Gasteiger partial charge on any atom is 0.136 e. The van der Waals surface area contributed by atoms with Gasteiger partial charge < -0.3 is 10.1 Å². The molecule has 1 atom stereocenters. The minimum Gasteiger partial charge on any atom is -0.497 e. The SMILES string of the molecule is COc1ccc(-c2[nH]ncc2CNC(C)c2ccc(Cl)cc2)c(F)c1. The summed E-state index contributed by atoms with van der Waals surface area (Å²) >= 11 is 5.92. The molecule has 0 radical (unpaired) electrons. The standard InChI is InChI=1S/C19H19ClFN3O/c1-12(13-3-5-15(20)6-4-13)22-10-14-11-23-24-19(14)17-8-7-16(25-2)9-18(17)21/h3-9,11-12,22H,10H2,1-2H3,(H,23,24). The van der Waals surface area contributed by atoms with Gasteiger partial charge in [0, 0.05) is 34.8 Å². The van der Waals surface area contributed by atoms with Crippen molar-refractivity contribution in [2.45, 2.75) is 19.5 Å². The summed E-state index contributed by atoms with van der Waals surface area (Å²) in [5.74, 6) is 0.132. The van der Waals surface area contributed by atoms with Gasteiger partial charge in [0.2, 0.25) is 0 Å². The number of ether oxygens (including phenoxy) is 1. The highest BCUT2D eigenvalue weighted by atomic mass is 35.5. The molecule has 0 saturated heterocycles. The summed E-state index contributed by atoms with van der Waals surface area (Å²) in [6.45, 7) is 2.62. The van der Waals surface area contributed by atoms with Crippen molar-refractivity contribution >= 4 is 11.6 Å². The van der Waals surface area contributed by atoms with Crippen LogP contribution in [0.15, 0.2) is 48.7 Å². The molecule has 0 saturated carbocycles. The molecule has 0 amide bonds. The Labute approximate surface area is 151 Å². The van der Waals surface area contributed by atoms with Gasteiger partial charge in [0.05, 0.1) is 19.0 Å². The Hall–Kier alpha value is -2.37. The number of benzene rings is 2. The third kappa shape index (κ3) is 4.00. The molecule has 0 aliphatic rings. The normalized spacial score (nSPS) is 12.2. The van der Waals surface area contributed by atoms with E-state index in [1.807, 2.05) is 24.3 Å². The summed E-state index contributed by atoms with van der Waals surface area (Å²) < 4.78 is 19.4. The van der Waals surface area contributed by atoms with Crippen molar-refractivity contribution in [1.29, 1.82) is 0 Å². The summed E-state index contributed by atoms with van der Waals surface area (Å²) in [5.41, 5.74) is 3.15. The molecule has 4 nitrogen and oxygen atoms in total. The maximum absolute atomic E-state index is 14.3.